The Morgan fingerprint density at radius 2 is 1.83 bits per heavy atom. The number of carbonyl (C=O) groups is 1. The first-order valence-electron chi connectivity index (χ1n) is 8.24. The van der Waals surface area contributed by atoms with Gasteiger partial charge >= 0.3 is 6.18 Å². The van der Waals surface area contributed by atoms with E-state index < -0.39 is 22.2 Å². The third-order valence-corrected chi connectivity index (χ3v) is 5.09. The van der Waals surface area contributed by atoms with Gasteiger partial charge in [0.2, 0.25) is 0 Å². The van der Waals surface area contributed by atoms with Gasteiger partial charge in [-0.3, -0.25) is 14.9 Å². The summed E-state index contributed by atoms with van der Waals surface area (Å²) in [6.07, 6.45) is -4.46. The number of benzene rings is 2. The van der Waals surface area contributed by atoms with E-state index in [-0.39, 0.29) is 26.9 Å². The number of aldehydes is 1. The van der Waals surface area contributed by atoms with Crippen LogP contribution in [-0.2, 0) is 6.18 Å². The van der Waals surface area contributed by atoms with Gasteiger partial charge in [-0.1, -0.05) is 42.1 Å². The summed E-state index contributed by atoms with van der Waals surface area (Å²) in [6.45, 7) is 0. The van der Waals surface area contributed by atoms with E-state index in [2.05, 4.69) is 4.98 Å². The molecule has 1 aromatic heterocycles. The molecule has 0 saturated carbocycles. The van der Waals surface area contributed by atoms with Crippen LogP contribution < -0.4 is 0 Å². The van der Waals surface area contributed by atoms with Gasteiger partial charge in [0.25, 0.3) is 5.69 Å². The first-order valence-corrected chi connectivity index (χ1v) is 9.05. The minimum Gasteiger partial charge on any atom is -0.298 e. The maximum absolute atomic E-state index is 13.6. The summed E-state index contributed by atoms with van der Waals surface area (Å²) in [5.41, 5.74) is -1.88. The average Bonchev–Trinajstić information content (AvgIpc) is 2.73. The number of rotatable bonds is 5. The summed E-state index contributed by atoms with van der Waals surface area (Å²) >= 11 is 0.662. The Hall–Kier alpha value is -3.71. The zero-order chi connectivity index (χ0) is 21.9. The van der Waals surface area contributed by atoms with E-state index in [1.165, 1.54) is 12.1 Å². The van der Waals surface area contributed by atoms with Crippen molar-refractivity contribution in [1.82, 2.24) is 4.98 Å². The van der Waals surface area contributed by atoms with E-state index in [1.807, 2.05) is 0 Å². The molecule has 0 atom stereocenters. The van der Waals surface area contributed by atoms with Crippen LogP contribution in [0.1, 0.15) is 21.5 Å². The lowest BCUT2D eigenvalue weighted by Gasteiger charge is -2.14. The lowest BCUT2D eigenvalue weighted by molar-refractivity contribution is -0.384. The minimum atomic E-state index is -4.81. The number of carbonyl (C=O) groups excluding carboxylic acids is 1. The van der Waals surface area contributed by atoms with Gasteiger partial charge in [0, 0.05) is 28.2 Å². The molecule has 30 heavy (non-hydrogen) atoms. The molecule has 0 saturated heterocycles. The largest absolute Gasteiger partial charge is 0.417 e. The van der Waals surface area contributed by atoms with E-state index in [9.17, 15) is 33.3 Å². The van der Waals surface area contributed by atoms with Crippen LogP contribution in [0.4, 0.5) is 18.9 Å². The van der Waals surface area contributed by atoms with Crippen LogP contribution >= 0.6 is 11.8 Å². The van der Waals surface area contributed by atoms with Crippen LogP contribution in [0.25, 0.3) is 11.3 Å². The first-order chi connectivity index (χ1) is 14.2. The van der Waals surface area contributed by atoms with Crippen molar-refractivity contribution in [3.8, 4) is 17.3 Å². The predicted octanol–water partition coefficient (Wildman–Crippen LogP) is 5.51. The van der Waals surface area contributed by atoms with Crippen molar-refractivity contribution in [2.75, 3.05) is 0 Å². The second-order valence-electron chi connectivity index (χ2n) is 5.91. The molecule has 0 aliphatic rings. The third-order valence-electron chi connectivity index (χ3n) is 4.01. The van der Waals surface area contributed by atoms with Gasteiger partial charge in [0.05, 0.1) is 21.7 Å². The van der Waals surface area contributed by atoms with Crippen LogP contribution in [0.15, 0.2) is 64.5 Å². The number of nitrogens with zero attached hydrogens (tertiary/aromatic N) is 3. The van der Waals surface area contributed by atoms with Gasteiger partial charge in [-0.25, -0.2) is 4.98 Å². The van der Waals surface area contributed by atoms with Gasteiger partial charge in [0.1, 0.15) is 11.1 Å². The third kappa shape index (κ3) is 4.31. The van der Waals surface area contributed by atoms with Gasteiger partial charge in [0.15, 0.2) is 6.29 Å². The smallest absolute Gasteiger partial charge is 0.298 e. The van der Waals surface area contributed by atoms with E-state index in [0.717, 1.165) is 18.2 Å². The minimum absolute atomic E-state index is 0.000935. The van der Waals surface area contributed by atoms with Gasteiger partial charge in [-0.05, 0) is 12.1 Å². The monoisotopic (exact) mass is 429 g/mol. The molecule has 0 aliphatic heterocycles. The summed E-state index contributed by atoms with van der Waals surface area (Å²) < 4.78 is 40.9. The second-order valence-corrected chi connectivity index (χ2v) is 6.94. The molecule has 6 nitrogen and oxygen atoms in total. The summed E-state index contributed by atoms with van der Waals surface area (Å²) in [4.78, 5) is 25.9. The highest BCUT2D eigenvalue weighted by molar-refractivity contribution is 7.99. The fourth-order valence-electron chi connectivity index (χ4n) is 2.62. The number of nitro groups is 1. The Morgan fingerprint density at radius 3 is 2.40 bits per heavy atom. The predicted molar refractivity (Wildman–Crippen MR) is 102 cm³/mol. The molecule has 2 aromatic carbocycles. The molecule has 0 radical (unpaired) electrons. The normalized spacial score (nSPS) is 11.0. The number of alkyl halides is 3. The number of nitro benzene ring substituents is 1. The molecule has 0 unspecified atom stereocenters. The molecule has 0 fully saturated rings. The number of aromatic nitrogens is 1. The van der Waals surface area contributed by atoms with Crippen molar-refractivity contribution in [2.24, 2.45) is 0 Å². The average molecular weight is 429 g/mol. The molecule has 0 bridgehead atoms. The molecule has 3 rings (SSSR count). The molecule has 0 aliphatic carbocycles. The lowest BCUT2D eigenvalue weighted by Crippen LogP contribution is -2.10. The summed E-state index contributed by atoms with van der Waals surface area (Å²) in [5.74, 6) is 0. The quantitative estimate of drug-likeness (QED) is 0.301. The summed E-state index contributed by atoms with van der Waals surface area (Å²) in [7, 11) is 0. The first kappa shape index (κ1) is 21.0. The van der Waals surface area contributed by atoms with Gasteiger partial charge in [-0.15, -0.1) is 0 Å². The van der Waals surface area contributed by atoms with Crippen molar-refractivity contribution in [3.05, 3.63) is 81.4 Å². The molecular weight excluding hydrogens is 419 g/mol. The highest BCUT2D eigenvalue weighted by atomic mass is 32.2. The maximum Gasteiger partial charge on any atom is 0.417 e. The zero-order valence-electron chi connectivity index (χ0n) is 14.9. The summed E-state index contributed by atoms with van der Waals surface area (Å²) in [5, 5.41) is 20.0. The topological polar surface area (TPSA) is 96.9 Å². The highest BCUT2D eigenvalue weighted by Gasteiger charge is 2.36. The Balaban J connectivity index is 2.20. The Labute approximate surface area is 172 Å². The lowest BCUT2D eigenvalue weighted by atomic mass is 10.1. The van der Waals surface area contributed by atoms with Crippen molar-refractivity contribution in [2.45, 2.75) is 16.1 Å². The van der Waals surface area contributed by atoms with E-state index in [4.69, 9.17) is 0 Å². The maximum atomic E-state index is 13.6. The van der Waals surface area contributed by atoms with E-state index in [1.54, 1.807) is 30.3 Å². The molecule has 0 spiro atoms. The van der Waals surface area contributed by atoms with Crippen LogP contribution in [-0.4, -0.2) is 16.2 Å². The zero-order valence-corrected chi connectivity index (χ0v) is 15.7. The standard InChI is InChI=1S/C20H10F3N3O3S/c21-20(22,23)16-9-17(12-4-2-1-3-5-12)25-19(15(16)10-24)30-18-7-6-14(26(28)29)8-13(18)11-27/h1-9,11H. The second kappa shape index (κ2) is 8.34. The molecule has 0 amide bonds. The van der Waals surface area contributed by atoms with Crippen molar-refractivity contribution in [3.63, 3.8) is 0 Å². The van der Waals surface area contributed by atoms with Crippen molar-refractivity contribution < 1.29 is 22.9 Å². The number of halogens is 3. The fourth-order valence-corrected chi connectivity index (χ4v) is 3.59. The Bertz CT molecular complexity index is 1180. The molecule has 10 heteroatoms. The molecule has 150 valence electrons. The van der Waals surface area contributed by atoms with Crippen LogP contribution in [0.2, 0.25) is 0 Å². The van der Waals surface area contributed by atoms with E-state index in [0.29, 0.717) is 23.6 Å². The number of non-ortho nitro benzene ring substituents is 1. The summed E-state index contributed by atoms with van der Waals surface area (Å²) in [6, 6.07) is 13.8. The number of nitriles is 1. The van der Waals surface area contributed by atoms with Crippen LogP contribution in [0.5, 0.6) is 0 Å². The van der Waals surface area contributed by atoms with Gasteiger partial charge < -0.3 is 0 Å². The molecule has 3 aromatic rings. The molecule has 1 heterocycles. The highest BCUT2D eigenvalue weighted by Crippen LogP contribution is 2.40. The van der Waals surface area contributed by atoms with Crippen molar-refractivity contribution >= 4 is 23.7 Å². The Kier molecular flexibility index (Phi) is 5.84. The fraction of sp³-hybridized carbons (Fsp3) is 0.0500. The molecular formula is C20H10F3N3O3S. The molecule has 0 N–H and O–H groups in total. The number of hydrogen-bond acceptors (Lipinski definition) is 6. The van der Waals surface area contributed by atoms with Crippen LogP contribution in [0, 0.1) is 21.4 Å². The Morgan fingerprint density at radius 1 is 1.13 bits per heavy atom. The van der Waals surface area contributed by atoms with Gasteiger partial charge in [-0.2, -0.15) is 18.4 Å². The SMILES string of the molecule is N#Cc1c(C(F)(F)F)cc(-c2ccccc2)nc1Sc1ccc([N+](=O)[O-])cc1C=O. The number of pyridine rings is 1. The van der Waals surface area contributed by atoms with E-state index >= 15 is 0 Å². The number of hydrogen-bond donors (Lipinski definition) is 0. The van der Waals surface area contributed by atoms with Crippen LogP contribution in [0.3, 0.4) is 0 Å². The van der Waals surface area contributed by atoms with Crippen molar-refractivity contribution in [1.29, 1.82) is 5.26 Å².